The van der Waals surface area contributed by atoms with Crippen LogP contribution in [-0.4, -0.2) is 15.6 Å². The number of aromatic carboxylic acids is 1. The molecule has 0 spiro atoms. The van der Waals surface area contributed by atoms with Gasteiger partial charge in [-0.1, -0.05) is 12.1 Å². The molecular weight excluding hydrogens is 310 g/mol. The molecule has 0 amide bonds. The average Bonchev–Trinajstić information content (AvgIpc) is 2.36. The smallest absolute Gasteiger partial charge is 0.335 e. The van der Waals surface area contributed by atoms with E-state index in [4.69, 9.17) is 5.11 Å². The number of hydrogen-bond donors (Lipinski definition) is 1. The predicted octanol–water partition coefficient (Wildman–Crippen LogP) is 2.67. The number of carboxylic acids is 1. The summed E-state index contributed by atoms with van der Waals surface area (Å²) in [6.45, 7) is 2.19. The van der Waals surface area contributed by atoms with Crippen molar-refractivity contribution in [1.29, 1.82) is 0 Å². The molecule has 19 heavy (non-hydrogen) atoms. The first-order valence-corrected chi connectivity index (χ1v) is 6.45. The van der Waals surface area contributed by atoms with Crippen LogP contribution in [0, 0.1) is 6.92 Å². The Labute approximate surface area is 118 Å². The fourth-order valence-corrected chi connectivity index (χ4v) is 2.12. The van der Waals surface area contributed by atoms with Crippen molar-refractivity contribution < 1.29 is 9.90 Å². The molecule has 0 aliphatic heterocycles. The van der Waals surface area contributed by atoms with Crippen LogP contribution in [0.4, 0.5) is 0 Å². The quantitative estimate of drug-likeness (QED) is 0.945. The second-order valence-electron chi connectivity index (χ2n) is 4.28. The lowest BCUT2D eigenvalue weighted by Crippen LogP contribution is -2.20. The van der Waals surface area contributed by atoms with Crippen LogP contribution in [-0.2, 0) is 6.54 Å². The highest BCUT2D eigenvalue weighted by atomic mass is 79.9. The summed E-state index contributed by atoms with van der Waals surface area (Å²) in [6.07, 6.45) is 1.71. The van der Waals surface area contributed by atoms with Crippen molar-refractivity contribution in [2.45, 2.75) is 13.5 Å². The number of aryl methyl sites for hydroxylation is 1. The average molecular weight is 322 g/mol. The zero-order chi connectivity index (χ0) is 14.0. The van der Waals surface area contributed by atoms with Gasteiger partial charge in [-0.2, -0.15) is 0 Å². The van der Waals surface area contributed by atoms with Crippen molar-refractivity contribution in [2.75, 3.05) is 0 Å². The molecule has 0 saturated carbocycles. The first-order valence-electron chi connectivity index (χ1n) is 5.66. The summed E-state index contributed by atoms with van der Waals surface area (Å²) in [6, 6.07) is 8.12. The van der Waals surface area contributed by atoms with Gasteiger partial charge in [-0.05, 0) is 46.1 Å². The number of benzene rings is 1. The van der Waals surface area contributed by atoms with E-state index >= 15 is 0 Å². The number of hydrogen-bond acceptors (Lipinski definition) is 2. The number of halogens is 1. The van der Waals surface area contributed by atoms with E-state index < -0.39 is 5.97 Å². The van der Waals surface area contributed by atoms with Crippen LogP contribution in [0.5, 0.6) is 0 Å². The van der Waals surface area contributed by atoms with E-state index in [-0.39, 0.29) is 11.1 Å². The summed E-state index contributed by atoms with van der Waals surface area (Å²) in [7, 11) is 0. The second-order valence-corrected chi connectivity index (χ2v) is 5.13. The lowest BCUT2D eigenvalue weighted by atomic mass is 10.1. The van der Waals surface area contributed by atoms with Gasteiger partial charge < -0.3 is 9.67 Å². The molecule has 1 aromatic carbocycles. The molecule has 0 bridgehead atoms. The van der Waals surface area contributed by atoms with E-state index in [1.165, 1.54) is 10.6 Å². The van der Waals surface area contributed by atoms with E-state index in [1.54, 1.807) is 30.5 Å². The first kappa shape index (κ1) is 13.5. The number of pyridine rings is 1. The molecule has 0 aliphatic carbocycles. The van der Waals surface area contributed by atoms with E-state index in [1.807, 2.05) is 6.92 Å². The highest BCUT2D eigenvalue weighted by molar-refractivity contribution is 9.10. The van der Waals surface area contributed by atoms with Crippen molar-refractivity contribution in [3.63, 3.8) is 0 Å². The maximum atomic E-state index is 11.8. The van der Waals surface area contributed by atoms with Crippen molar-refractivity contribution in [2.24, 2.45) is 0 Å². The molecule has 5 heteroatoms. The zero-order valence-corrected chi connectivity index (χ0v) is 11.8. The van der Waals surface area contributed by atoms with Crippen LogP contribution < -0.4 is 5.56 Å². The van der Waals surface area contributed by atoms with Crippen LogP contribution >= 0.6 is 15.9 Å². The Hall–Kier alpha value is -1.88. The number of nitrogens with zero attached hydrogens (tertiary/aromatic N) is 1. The Kier molecular flexibility index (Phi) is 3.85. The fourth-order valence-electron chi connectivity index (χ4n) is 1.76. The summed E-state index contributed by atoms with van der Waals surface area (Å²) >= 11 is 3.38. The summed E-state index contributed by atoms with van der Waals surface area (Å²) in [5, 5.41) is 8.93. The van der Waals surface area contributed by atoms with Gasteiger partial charge in [0.05, 0.1) is 12.1 Å². The molecular formula is C14H12BrNO3. The molecule has 2 rings (SSSR count). The largest absolute Gasteiger partial charge is 0.478 e. The molecule has 4 nitrogen and oxygen atoms in total. The van der Waals surface area contributed by atoms with Gasteiger partial charge in [-0.15, -0.1) is 0 Å². The Balaban J connectivity index is 2.36. The highest BCUT2D eigenvalue weighted by Crippen LogP contribution is 2.13. The van der Waals surface area contributed by atoms with Gasteiger partial charge >= 0.3 is 5.97 Å². The van der Waals surface area contributed by atoms with Gasteiger partial charge in [0.2, 0.25) is 0 Å². The van der Waals surface area contributed by atoms with Crippen molar-refractivity contribution >= 4 is 21.9 Å². The highest BCUT2D eigenvalue weighted by Gasteiger charge is 2.05. The van der Waals surface area contributed by atoms with Crippen molar-refractivity contribution in [1.82, 2.24) is 4.57 Å². The Morgan fingerprint density at radius 1 is 1.37 bits per heavy atom. The minimum Gasteiger partial charge on any atom is -0.478 e. The fraction of sp³-hybridized carbons (Fsp3) is 0.143. The van der Waals surface area contributed by atoms with Gasteiger partial charge in [0, 0.05) is 16.7 Å². The normalized spacial score (nSPS) is 10.4. The van der Waals surface area contributed by atoms with Crippen molar-refractivity contribution in [3.8, 4) is 0 Å². The van der Waals surface area contributed by atoms with E-state index in [9.17, 15) is 9.59 Å². The maximum absolute atomic E-state index is 11.8. The molecule has 0 aliphatic rings. The molecule has 0 fully saturated rings. The number of aromatic nitrogens is 1. The number of carboxylic acid groups (broad SMARTS) is 1. The standard InChI is InChI=1S/C14H12BrNO3/c1-9-5-13(17)16(8-12(9)15)7-10-3-2-4-11(6-10)14(18)19/h2-6,8H,7H2,1H3,(H,18,19). The lowest BCUT2D eigenvalue weighted by Gasteiger charge is -2.08. The number of rotatable bonds is 3. The molecule has 0 radical (unpaired) electrons. The predicted molar refractivity (Wildman–Crippen MR) is 75.6 cm³/mol. The Morgan fingerprint density at radius 3 is 2.79 bits per heavy atom. The van der Waals surface area contributed by atoms with Crippen LogP contribution in [0.3, 0.4) is 0 Å². The third-order valence-corrected chi connectivity index (χ3v) is 3.63. The van der Waals surface area contributed by atoms with E-state index in [0.717, 1.165) is 15.6 Å². The Bertz CT molecular complexity index is 691. The lowest BCUT2D eigenvalue weighted by molar-refractivity contribution is 0.0696. The van der Waals surface area contributed by atoms with E-state index in [0.29, 0.717) is 6.54 Å². The second kappa shape index (κ2) is 5.40. The van der Waals surface area contributed by atoms with Crippen LogP contribution in [0.1, 0.15) is 21.5 Å². The summed E-state index contributed by atoms with van der Waals surface area (Å²) in [5.41, 5.74) is 1.76. The molecule has 2 aromatic rings. The summed E-state index contributed by atoms with van der Waals surface area (Å²) in [4.78, 5) is 22.7. The third-order valence-electron chi connectivity index (χ3n) is 2.80. The molecule has 1 N–H and O–H groups in total. The monoisotopic (exact) mass is 321 g/mol. The molecule has 98 valence electrons. The molecule has 0 saturated heterocycles. The van der Waals surface area contributed by atoms with Gasteiger partial charge in [0.25, 0.3) is 5.56 Å². The van der Waals surface area contributed by atoms with Gasteiger partial charge in [0.1, 0.15) is 0 Å². The van der Waals surface area contributed by atoms with Crippen LogP contribution in [0.15, 0.2) is 45.8 Å². The Morgan fingerprint density at radius 2 is 2.11 bits per heavy atom. The van der Waals surface area contributed by atoms with Crippen molar-refractivity contribution in [3.05, 3.63) is 68.0 Å². The minimum absolute atomic E-state index is 0.110. The summed E-state index contributed by atoms with van der Waals surface area (Å²) < 4.78 is 2.39. The molecule has 0 unspecified atom stereocenters. The summed E-state index contributed by atoms with van der Waals surface area (Å²) in [5.74, 6) is -0.973. The van der Waals surface area contributed by atoms with Gasteiger partial charge in [-0.3, -0.25) is 4.79 Å². The SMILES string of the molecule is Cc1cc(=O)n(Cc2cccc(C(=O)O)c2)cc1Br. The number of carbonyl (C=O) groups is 1. The minimum atomic E-state index is -0.973. The molecule has 1 heterocycles. The topological polar surface area (TPSA) is 59.3 Å². The van der Waals surface area contributed by atoms with E-state index in [2.05, 4.69) is 15.9 Å². The van der Waals surface area contributed by atoms with Crippen LogP contribution in [0.2, 0.25) is 0 Å². The maximum Gasteiger partial charge on any atom is 0.335 e. The first-order chi connectivity index (χ1) is 8.97. The van der Waals surface area contributed by atoms with Crippen LogP contribution in [0.25, 0.3) is 0 Å². The molecule has 0 atom stereocenters. The third kappa shape index (κ3) is 3.12. The van der Waals surface area contributed by atoms with Gasteiger partial charge in [-0.25, -0.2) is 4.79 Å². The van der Waals surface area contributed by atoms with Gasteiger partial charge in [0.15, 0.2) is 0 Å². The molecule has 1 aromatic heterocycles. The zero-order valence-electron chi connectivity index (χ0n) is 10.3.